The van der Waals surface area contributed by atoms with E-state index in [0.717, 1.165) is 6.20 Å². The second kappa shape index (κ2) is 8.91. The first-order valence-electron chi connectivity index (χ1n) is 8.21. The number of ether oxygens (including phenoxy) is 1. The largest absolute Gasteiger partial charge is 0.482 e. The van der Waals surface area contributed by atoms with Gasteiger partial charge in [0.05, 0.1) is 11.2 Å². The van der Waals surface area contributed by atoms with Crippen LogP contribution >= 0.6 is 11.6 Å². The van der Waals surface area contributed by atoms with E-state index in [2.05, 4.69) is 30.3 Å². The zero-order valence-electron chi connectivity index (χ0n) is 14.9. The Hall–Kier alpha value is -3.47. The van der Waals surface area contributed by atoms with Gasteiger partial charge in [0.25, 0.3) is 5.91 Å². The third-order valence-corrected chi connectivity index (χ3v) is 3.70. The van der Waals surface area contributed by atoms with E-state index < -0.39 is 30.4 Å². The van der Waals surface area contributed by atoms with Crippen LogP contribution in [-0.2, 0) is 0 Å². The van der Waals surface area contributed by atoms with Crippen molar-refractivity contribution in [1.29, 1.82) is 0 Å². The average molecular weight is 442 g/mol. The molecule has 0 fully saturated rings. The number of hydrogen-bond donors (Lipinski definition) is 2. The summed E-state index contributed by atoms with van der Waals surface area (Å²) >= 11 is 5.77. The van der Waals surface area contributed by atoms with Crippen molar-refractivity contribution in [3.05, 3.63) is 65.5 Å². The maximum atomic E-state index is 13.3. The molecule has 0 bridgehead atoms. The summed E-state index contributed by atoms with van der Waals surface area (Å²) in [7, 11) is 0. The quantitative estimate of drug-likeness (QED) is 0.429. The summed E-state index contributed by atoms with van der Waals surface area (Å²) < 4.78 is 55.1. The van der Waals surface area contributed by atoms with Crippen LogP contribution in [0.5, 0.6) is 5.75 Å². The van der Waals surface area contributed by atoms with Gasteiger partial charge in [0.2, 0.25) is 5.95 Å². The number of alkyl halides is 3. The lowest BCUT2D eigenvalue weighted by molar-refractivity contribution is -0.153. The topological polar surface area (TPSA) is 89.0 Å². The van der Waals surface area contributed by atoms with E-state index in [-0.39, 0.29) is 17.1 Å². The van der Waals surface area contributed by atoms with Crippen LogP contribution in [0.15, 0.2) is 48.9 Å². The molecule has 156 valence electrons. The molecule has 1 amide bonds. The molecule has 3 rings (SSSR count). The van der Waals surface area contributed by atoms with Gasteiger partial charge < -0.3 is 15.4 Å². The van der Waals surface area contributed by atoms with Gasteiger partial charge in [0.15, 0.2) is 6.61 Å². The van der Waals surface area contributed by atoms with E-state index in [9.17, 15) is 22.4 Å². The number of aromatic nitrogens is 3. The van der Waals surface area contributed by atoms with Crippen molar-refractivity contribution in [3.63, 3.8) is 0 Å². The van der Waals surface area contributed by atoms with Crippen LogP contribution in [0.3, 0.4) is 0 Å². The van der Waals surface area contributed by atoms with E-state index >= 15 is 0 Å². The summed E-state index contributed by atoms with van der Waals surface area (Å²) in [6.45, 7) is -1.66. The first-order chi connectivity index (χ1) is 14.2. The monoisotopic (exact) mass is 441 g/mol. The van der Waals surface area contributed by atoms with Crippen LogP contribution in [0.4, 0.5) is 34.9 Å². The van der Waals surface area contributed by atoms with Gasteiger partial charge in [-0.1, -0.05) is 11.6 Å². The van der Waals surface area contributed by atoms with Crippen molar-refractivity contribution < 1.29 is 27.1 Å². The molecule has 0 saturated carbocycles. The van der Waals surface area contributed by atoms with Crippen molar-refractivity contribution in [2.24, 2.45) is 0 Å². The lowest BCUT2D eigenvalue weighted by Crippen LogP contribution is -2.20. The Morgan fingerprint density at radius 1 is 1.07 bits per heavy atom. The molecule has 3 aromatic heterocycles. The van der Waals surface area contributed by atoms with Crippen LogP contribution < -0.4 is 15.4 Å². The summed E-state index contributed by atoms with van der Waals surface area (Å²) in [6, 6.07) is 6.62. The van der Waals surface area contributed by atoms with E-state index in [4.69, 9.17) is 11.6 Å². The Balaban J connectivity index is 1.75. The molecular formula is C18H12ClF4N5O2. The third kappa shape index (κ3) is 6.01. The highest BCUT2D eigenvalue weighted by Gasteiger charge is 2.29. The number of pyridine rings is 3. The highest BCUT2D eigenvalue weighted by molar-refractivity contribution is 6.30. The van der Waals surface area contributed by atoms with E-state index in [1.807, 2.05) is 0 Å². The highest BCUT2D eigenvalue weighted by Crippen LogP contribution is 2.27. The first-order valence-corrected chi connectivity index (χ1v) is 8.58. The zero-order chi connectivity index (χ0) is 21.7. The molecule has 0 aliphatic carbocycles. The first kappa shape index (κ1) is 21.2. The molecule has 0 aromatic carbocycles. The van der Waals surface area contributed by atoms with Crippen molar-refractivity contribution in [2.75, 3.05) is 17.2 Å². The summed E-state index contributed by atoms with van der Waals surface area (Å²) in [5, 5.41) is 5.66. The van der Waals surface area contributed by atoms with Crippen LogP contribution in [0.25, 0.3) is 0 Å². The number of rotatable bonds is 6. The number of nitrogens with one attached hydrogen (secondary N) is 2. The Kier molecular flexibility index (Phi) is 6.31. The van der Waals surface area contributed by atoms with Crippen LogP contribution in [0.2, 0.25) is 5.02 Å². The molecule has 12 heteroatoms. The van der Waals surface area contributed by atoms with Crippen molar-refractivity contribution >= 4 is 34.8 Å². The van der Waals surface area contributed by atoms with Gasteiger partial charge in [0.1, 0.15) is 23.1 Å². The number of carbonyl (C=O) groups is 1. The predicted molar refractivity (Wildman–Crippen MR) is 100 cm³/mol. The zero-order valence-corrected chi connectivity index (χ0v) is 15.6. The molecule has 0 spiro atoms. The molecule has 0 atom stereocenters. The predicted octanol–water partition coefficient (Wildman–Crippen LogP) is 4.60. The molecule has 0 aliphatic rings. The SMILES string of the molecule is O=C(Nc1cnc(F)cc1OCC(F)(F)F)c1ccnc(Nc2ccc(Cl)cn2)c1. The Morgan fingerprint density at radius 2 is 1.87 bits per heavy atom. The van der Waals surface area contributed by atoms with Crippen LogP contribution in [0.1, 0.15) is 10.4 Å². The highest BCUT2D eigenvalue weighted by atomic mass is 35.5. The van der Waals surface area contributed by atoms with Gasteiger partial charge >= 0.3 is 6.18 Å². The number of nitrogens with zero attached hydrogens (tertiary/aromatic N) is 3. The Morgan fingerprint density at radius 3 is 2.57 bits per heavy atom. The number of halogens is 5. The fourth-order valence-electron chi connectivity index (χ4n) is 2.20. The third-order valence-electron chi connectivity index (χ3n) is 3.48. The number of amides is 1. The normalized spacial score (nSPS) is 11.1. The average Bonchev–Trinajstić information content (AvgIpc) is 2.69. The lowest BCUT2D eigenvalue weighted by atomic mass is 10.2. The smallest absolute Gasteiger partial charge is 0.422 e. The molecule has 0 saturated heterocycles. The summed E-state index contributed by atoms with van der Waals surface area (Å²) in [4.78, 5) is 23.9. The second-order valence-electron chi connectivity index (χ2n) is 5.78. The van der Waals surface area contributed by atoms with Gasteiger partial charge in [-0.25, -0.2) is 15.0 Å². The van der Waals surface area contributed by atoms with Crippen molar-refractivity contribution in [1.82, 2.24) is 15.0 Å². The maximum Gasteiger partial charge on any atom is 0.422 e. The standard InChI is InChI=1S/C18H12ClF4N5O2/c19-11-1-2-15(26-7-11)28-16-5-10(3-4-24-16)17(29)27-12-8-25-14(20)6-13(12)30-9-18(21,22)23/h1-8H,9H2,(H,27,29)(H,24,26,28). The van der Waals surface area contributed by atoms with Crippen LogP contribution in [0, 0.1) is 5.95 Å². The number of hydrogen-bond acceptors (Lipinski definition) is 6. The molecule has 7 nitrogen and oxygen atoms in total. The van der Waals surface area contributed by atoms with Gasteiger partial charge in [-0.2, -0.15) is 17.6 Å². The van der Waals surface area contributed by atoms with Gasteiger partial charge in [0, 0.05) is 24.0 Å². The molecule has 3 aromatic rings. The molecule has 30 heavy (non-hydrogen) atoms. The fourth-order valence-corrected chi connectivity index (χ4v) is 2.31. The molecule has 3 heterocycles. The number of carbonyl (C=O) groups excluding carboxylic acids is 1. The second-order valence-corrected chi connectivity index (χ2v) is 6.21. The van der Waals surface area contributed by atoms with Crippen molar-refractivity contribution in [2.45, 2.75) is 6.18 Å². The molecule has 0 aliphatic heterocycles. The minimum atomic E-state index is -4.64. The molecular weight excluding hydrogens is 430 g/mol. The summed E-state index contributed by atoms with van der Waals surface area (Å²) in [5.41, 5.74) is -0.108. The van der Waals surface area contributed by atoms with Crippen molar-refractivity contribution in [3.8, 4) is 5.75 Å². The summed E-state index contributed by atoms with van der Waals surface area (Å²) in [6.07, 6.45) is -1.01. The van der Waals surface area contributed by atoms with Gasteiger partial charge in [-0.15, -0.1) is 0 Å². The lowest BCUT2D eigenvalue weighted by Gasteiger charge is -2.14. The minimum absolute atomic E-state index is 0.118. The summed E-state index contributed by atoms with van der Waals surface area (Å²) in [5.74, 6) is -1.56. The van der Waals surface area contributed by atoms with E-state index in [1.165, 1.54) is 24.5 Å². The van der Waals surface area contributed by atoms with Gasteiger partial charge in [-0.3, -0.25) is 4.79 Å². The molecule has 0 radical (unpaired) electrons. The molecule has 0 unspecified atom stereocenters. The van der Waals surface area contributed by atoms with E-state index in [1.54, 1.807) is 12.1 Å². The van der Waals surface area contributed by atoms with Crippen LogP contribution in [-0.4, -0.2) is 33.6 Å². The number of anilines is 3. The van der Waals surface area contributed by atoms with Gasteiger partial charge in [-0.05, 0) is 24.3 Å². The van der Waals surface area contributed by atoms with E-state index in [0.29, 0.717) is 16.9 Å². The Bertz CT molecular complexity index is 1050. The Labute approximate surface area is 172 Å². The fraction of sp³-hybridized carbons (Fsp3) is 0.111. The minimum Gasteiger partial charge on any atom is -0.482 e. The maximum absolute atomic E-state index is 13.3. The molecule has 2 N–H and O–H groups in total.